The lowest BCUT2D eigenvalue weighted by Crippen LogP contribution is -2.37. The fourth-order valence-corrected chi connectivity index (χ4v) is 3.85. The van der Waals surface area contributed by atoms with Crippen LogP contribution in [0.25, 0.3) is 0 Å². The van der Waals surface area contributed by atoms with E-state index in [-0.39, 0.29) is 11.7 Å². The molecule has 28 heavy (non-hydrogen) atoms. The maximum absolute atomic E-state index is 12.5. The van der Waals surface area contributed by atoms with Gasteiger partial charge in [0.2, 0.25) is 11.8 Å². The molecule has 4 rings (SSSR count). The van der Waals surface area contributed by atoms with Gasteiger partial charge in [-0.15, -0.1) is 10.2 Å². The Morgan fingerprint density at radius 3 is 2.75 bits per heavy atom. The van der Waals surface area contributed by atoms with Crippen molar-refractivity contribution in [3.05, 3.63) is 70.6 Å². The first-order chi connectivity index (χ1) is 13.7. The second-order valence-electron chi connectivity index (χ2n) is 6.44. The van der Waals surface area contributed by atoms with Gasteiger partial charge >= 0.3 is 0 Å². The average molecular weight is 415 g/mol. The van der Waals surface area contributed by atoms with Crippen LogP contribution in [-0.2, 0) is 24.3 Å². The fourth-order valence-electron chi connectivity index (χ4n) is 3.04. The summed E-state index contributed by atoms with van der Waals surface area (Å²) in [5.41, 5.74) is 3.46. The Balaban J connectivity index is 1.26. The molecule has 3 aromatic rings. The largest absolute Gasteiger partial charge is 0.414 e. The van der Waals surface area contributed by atoms with Gasteiger partial charge in [0, 0.05) is 23.8 Å². The van der Waals surface area contributed by atoms with E-state index in [0.717, 1.165) is 18.7 Å². The second kappa shape index (κ2) is 8.67. The van der Waals surface area contributed by atoms with Gasteiger partial charge in [0.25, 0.3) is 5.22 Å². The molecule has 8 heteroatoms. The van der Waals surface area contributed by atoms with E-state index in [1.807, 2.05) is 41.3 Å². The molecule has 0 saturated heterocycles. The van der Waals surface area contributed by atoms with E-state index >= 15 is 0 Å². The van der Waals surface area contributed by atoms with Gasteiger partial charge in [-0.1, -0.05) is 47.6 Å². The Hall–Kier alpha value is -2.51. The van der Waals surface area contributed by atoms with Crippen molar-refractivity contribution in [3.8, 4) is 0 Å². The molecule has 1 N–H and O–H groups in total. The summed E-state index contributed by atoms with van der Waals surface area (Å²) in [5.74, 6) is 0.837. The molecule has 0 unspecified atom stereocenters. The number of carbonyl (C=O) groups excluding carboxylic acids is 1. The zero-order valence-electron chi connectivity index (χ0n) is 15.1. The Morgan fingerprint density at radius 1 is 1.14 bits per heavy atom. The number of fused-ring (bicyclic) bond motifs is 1. The Labute approximate surface area is 172 Å². The topological polar surface area (TPSA) is 71.3 Å². The molecule has 0 atom stereocenters. The molecule has 0 spiro atoms. The molecule has 0 aliphatic carbocycles. The summed E-state index contributed by atoms with van der Waals surface area (Å²) in [6.07, 6.45) is 0.896. The highest BCUT2D eigenvalue weighted by Gasteiger charge is 2.21. The molecule has 1 amide bonds. The summed E-state index contributed by atoms with van der Waals surface area (Å²) in [7, 11) is 0. The first kappa shape index (κ1) is 18.8. The molecule has 0 radical (unpaired) electrons. The number of carbonyl (C=O) groups is 1. The lowest BCUT2D eigenvalue weighted by Gasteiger charge is -2.28. The van der Waals surface area contributed by atoms with E-state index < -0.39 is 0 Å². The summed E-state index contributed by atoms with van der Waals surface area (Å²) >= 11 is 7.14. The highest BCUT2D eigenvalue weighted by Crippen LogP contribution is 2.22. The van der Waals surface area contributed by atoms with Crippen LogP contribution in [-0.4, -0.2) is 33.3 Å². The number of amides is 1. The SMILES string of the molecule is O=C(CSc1nnc(CNc2ccc(Cl)cc2)o1)N1CCc2ccccc2C1. The van der Waals surface area contributed by atoms with Crippen molar-refractivity contribution < 1.29 is 9.21 Å². The van der Waals surface area contributed by atoms with Crippen LogP contribution in [0.1, 0.15) is 17.0 Å². The number of nitrogens with one attached hydrogen (secondary N) is 1. The Morgan fingerprint density at radius 2 is 1.93 bits per heavy atom. The van der Waals surface area contributed by atoms with Crippen LogP contribution in [0.5, 0.6) is 0 Å². The van der Waals surface area contributed by atoms with Crippen molar-refractivity contribution in [1.82, 2.24) is 15.1 Å². The number of aromatic nitrogens is 2. The van der Waals surface area contributed by atoms with Crippen LogP contribution >= 0.6 is 23.4 Å². The summed E-state index contributed by atoms with van der Waals surface area (Å²) in [6.45, 7) is 1.82. The zero-order valence-corrected chi connectivity index (χ0v) is 16.7. The molecule has 1 aliphatic rings. The monoisotopic (exact) mass is 414 g/mol. The molecule has 2 aromatic carbocycles. The number of halogens is 1. The lowest BCUT2D eigenvalue weighted by molar-refractivity contribution is -0.129. The van der Waals surface area contributed by atoms with Crippen molar-refractivity contribution in [2.45, 2.75) is 24.7 Å². The van der Waals surface area contributed by atoms with Crippen LogP contribution in [0.2, 0.25) is 5.02 Å². The average Bonchev–Trinajstić information content (AvgIpc) is 3.19. The van der Waals surface area contributed by atoms with Gasteiger partial charge in [-0.25, -0.2) is 0 Å². The Bertz CT molecular complexity index is 961. The number of hydrogen-bond donors (Lipinski definition) is 1. The highest BCUT2D eigenvalue weighted by atomic mass is 35.5. The molecule has 0 bridgehead atoms. The molecular formula is C20H19ClN4O2S. The highest BCUT2D eigenvalue weighted by molar-refractivity contribution is 7.99. The maximum atomic E-state index is 12.5. The van der Waals surface area contributed by atoms with Crippen molar-refractivity contribution in [2.24, 2.45) is 0 Å². The molecule has 1 aliphatic heterocycles. The third-order valence-electron chi connectivity index (χ3n) is 4.54. The number of anilines is 1. The van der Waals surface area contributed by atoms with Gasteiger partial charge in [-0.3, -0.25) is 4.79 Å². The van der Waals surface area contributed by atoms with E-state index in [9.17, 15) is 4.79 Å². The normalized spacial score (nSPS) is 13.2. The number of benzene rings is 2. The predicted molar refractivity (Wildman–Crippen MR) is 109 cm³/mol. The molecular weight excluding hydrogens is 396 g/mol. The molecule has 6 nitrogen and oxygen atoms in total. The molecule has 144 valence electrons. The minimum absolute atomic E-state index is 0.0820. The van der Waals surface area contributed by atoms with Gasteiger partial charge in [0.1, 0.15) is 0 Å². The van der Waals surface area contributed by atoms with Crippen molar-refractivity contribution in [1.29, 1.82) is 0 Å². The second-order valence-corrected chi connectivity index (χ2v) is 7.81. The lowest BCUT2D eigenvalue weighted by atomic mass is 10.00. The van der Waals surface area contributed by atoms with Crippen LogP contribution in [0.3, 0.4) is 0 Å². The van der Waals surface area contributed by atoms with Gasteiger partial charge < -0.3 is 14.6 Å². The van der Waals surface area contributed by atoms with Gasteiger partial charge in [0.15, 0.2) is 0 Å². The van der Waals surface area contributed by atoms with Crippen molar-refractivity contribution in [3.63, 3.8) is 0 Å². The van der Waals surface area contributed by atoms with Gasteiger partial charge in [0.05, 0.1) is 12.3 Å². The zero-order chi connectivity index (χ0) is 19.3. The van der Waals surface area contributed by atoms with Gasteiger partial charge in [-0.05, 0) is 41.8 Å². The quantitative estimate of drug-likeness (QED) is 0.614. The fraction of sp³-hybridized carbons (Fsp3) is 0.250. The van der Waals surface area contributed by atoms with E-state index in [0.29, 0.717) is 29.2 Å². The standard InChI is InChI=1S/C20H19ClN4O2S/c21-16-5-7-17(8-6-16)22-11-18-23-24-20(27-18)28-13-19(26)25-10-9-14-3-1-2-4-15(14)12-25/h1-8,22H,9-13H2. The third kappa shape index (κ3) is 4.66. The van der Waals surface area contributed by atoms with E-state index in [1.165, 1.54) is 22.9 Å². The number of nitrogens with zero attached hydrogens (tertiary/aromatic N) is 3. The summed E-state index contributed by atoms with van der Waals surface area (Å²) in [5, 5.41) is 12.3. The first-order valence-corrected chi connectivity index (χ1v) is 10.3. The number of rotatable bonds is 6. The molecule has 0 fully saturated rings. The van der Waals surface area contributed by atoms with Crippen LogP contribution in [0, 0.1) is 0 Å². The molecule has 0 saturated carbocycles. The Kier molecular flexibility index (Phi) is 5.83. The van der Waals surface area contributed by atoms with Crippen molar-refractivity contribution in [2.75, 3.05) is 17.6 Å². The predicted octanol–water partition coefficient (Wildman–Crippen LogP) is 4.01. The van der Waals surface area contributed by atoms with Crippen LogP contribution < -0.4 is 5.32 Å². The van der Waals surface area contributed by atoms with Crippen LogP contribution in [0.4, 0.5) is 5.69 Å². The minimum Gasteiger partial charge on any atom is -0.414 e. The number of thioether (sulfide) groups is 1. The van der Waals surface area contributed by atoms with Gasteiger partial charge in [-0.2, -0.15) is 0 Å². The maximum Gasteiger partial charge on any atom is 0.277 e. The molecule has 1 aromatic heterocycles. The van der Waals surface area contributed by atoms with Crippen molar-refractivity contribution >= 4 is 35.0 Å². The van der Waals surface area contributed by atoms with E-state index in [2.05, 4.69) is 27.6 Å². The first-order valence-electron chi connectivity index (χ1n) is 8.96. The smallest absolute Gasteiger partial charge is 0.277 e. The van der Waals surface area contributed by atoms with E-state index in [4.69, 9.17) is 16.0 Å². The minimum atomic E-state index is 0.0820. The summed E-state index contributed by atoms with van der Waals surface area (Å²) in [6, 6.07) is 15.6. The van der Waals surface area contributed by atoms with Crippen LogP contribution in [0.15, 0.2) is 58.2 Å². The molecule has 2 heterocycles. The van der Waals surface area contributed by atoms with E-state index in [1.54, 1.807) is 0 Å². The summed E-state index contributed by atoms with van der Waals surface area (Å²) in [4.78, 5) is 14.4. The summed E-state index contributed by atoms with van der Waals surface area (Å²) < 4.78 is 5.60. The number of hydrogen-bond acceptors (Lipinski definition) is 6. The third-order valence-corrected chi connectivity index (χ3v) is 5.59.